The third kappa shape index (κ3) is 4.16. The van der Waals surface area contributed by atoms with Crippen molar-refractivity contribution >= 4 is 56.6 Å². The fourth-order valence-electron chi connectivity index (χ4n) is 2.44. The van der Waals surface area contributed by atoms with Crippen LogP contribution in [-0.4, -0.2) is 30.7 Å². The van der Waals surface area contributed by atoms with E-state index in [0.717, 1.165) is 0 Å². The molecular formula is C18H14Cl2N2O4S. The van der Waals surface area contributed by atoms with Crippen molar-refractivity contribution in [2.45, 2.75) is 6.54 Å². The number of rotatable bonds is 4. The van der Waals surface area contributed by atoms with Gasteiger partial charge in [-0.25, -0.2) is 0 Å². The minimum Gasteiger partial charge on any atom is -0.497 e. The van der Waals surface area contributed by atoms with Crippen LogP contribution >= 0.6 is 34.5 Å². The van der Waals surface area contributed by atoms with Gasteiger partial charge in [-0.05, 0) is 36.4 Å². The van der Waals surface area contributed by atoms with Gasteiger partial charge in [-0.15, -0.1) is 0 Å². The second kappa shape index (κ2) is 8.12. The summed E-state index contributed by atoms with van der Waals surface area (Å²) in [5.41, 5.74) is 0.958. The molecule has 6 nitrogen and oxygen atoms in total. The average Bonchev–Trinajstić information content (AvgIpc) is 2.98. The smallest absolute Gasteiger partial charge is 0.325 e. The first-order valence-corrected chi connectivity index (χ1v) is 9.28. The van der Waals surface area contributed by atoms with Gasteiger partial charge in [0, 0.05) is 10.6 Å². The summed E-state index contributed by atoms with van der Waals surface area (Å²) in [6.07, 6.45) is 0. The molecule has 3 rings (SSSR count). The van der Waals surface area contributed by atoms with Crippen LogP contribution in [0.4, 0.5) is 0 Å². The number of thiazole rings is 1. The standard InChI is InChI=1S/C18H14Cl2N2O4S/c1-25-12-5-3-10(4-6-12)17(24)21-18-22(9-15(23)26-2)16-13(20)7-11(19)8-14(16)27-18/h3-8H,9H2,1-2H3. The summed E-state index contributed by atoms with van der Waals surface area (Å²) >= 11 is 13.6. The summed E-state index contributed by atoms with van der Waals surface area (Å²) < 4.78 is 12.1. The number of esters is 1. The molecule has 27 heavy (non-hydrogen) atoms. The van der Waals surface area contributed by atoms with E-state index < -0.39 is 11.9 Å². The summed E-state index contributed by atoms with van der Waals surface area (Å²) in [5.74, 6) is -0.306. The van der Waals surface area contributed by atoms with E-state index >= 15 is 0 Å². The second-order valence-corrected chi connectivity index (χ2v) is 7.28. The van der Waals surface area contributed by atoms with Crippen LogP contribution in [-0.2, 0) is 16.1 Å². The van der Waals surface area contributed by atoms with Crippen molar-refractivity contribution in [1.82, 2.24) is 4.57 Å². The Labute approximate surface area is 168 Å². The first-order chi connectivity index (χ1) is 12.9. The quantitative estimate of drug-likeness (QED) is 0.594. The Kier molecular flexibility index (Phi) is 5.84. The molecule has 3 aromatic rings. The van der Waals surface area contributed by atoms with Crippen LogP contribution in [0, 0.1) is 0 Å². The maximum absolute atomic E-state index is 12.6. The molecule has 0 bridgehead atoms. The van der Waals surface area contributed by atoms with Crippen LogP contribution in [0.5, 0.6) is 5.75 Å². The number of halogens is 2. The van der Waals surface area contributed by atoms with Gasteiger partial charge in [-0.2, -0.15) is 4.99 Å². The van der Waals surface area contributed by atoms with Gasteiger partial charge in [-0.3, -0.25) is 9.59 Å². The van der Waals surface area contributed by atoms with Crippen LogP contribution in [0.25, 0.3) is 10.2 Å². The summed E-state index contributed by atoms with van der Waals surface area (Å²) in [4.78, 5) is 28.9. The maximum Gasteiger partial charge on any atom is 0.325 e. The minimum absolute atomic E-state index is 0.132. The molecule has 0 saturated heterocycles. The average molecular weight is 425 g/mol. The van der Waals surface area contributed by atoms with E-state index in [0.29, 0.717) is 36.4 Å². The molecule has 140 valence electrons. The summed E-state index contributed by atoms with van der Waals surface area (Å²) in [7, 11) is 2.83. The predicted molar refractivity (Wildman–Crippen MR) is 105 cm³/mol. The van der Waals surface area contributed by atoms with Crippen molar-refractivity contribution < 1.29 is 19.1 Å². The highest BCUT2D eigenvalue weighted by molar-refractivity contribution is 7.16. The van der Waals surface area contributed by atoms with Crippen molar-refractivity contribution in [3.8, 4) is 5.75 Å². The number of carbonyl (C=O) groups is 2. The summed E-state index contributed by atoms with van der Waals surface area (Å²) in [5, 5.41) is 0.808. The molecule has 1 amide bonds. The highest BCUT2D eigenvalue weighted by Gasteiger charge is 2.15. The third-order valence-electron chi connectivity index (χ3n) is 3.74. The fraction of sp³-hybridized carbons (Fsp3) is 0.167. The van der Waals surface area contributed by atoms with Gasteiger partial charge in [0.2, 0.25) is 0 Å². The molecule has 0 N–H and O–H groups in total. The number of hydrogen-bond donors (Lipinski definition) is 0. The Balaban J connectivity index is 2.14. The van der Waals surface area contributed by atoms with Crippen molar-refractivity contribution in [3.05, 3.63) is 56.8 Å². The molecule has 0 fully saturated rings. The number of carbonyl (C=O) groups excluding carboxylic acids is 2. The number of aromatic nitrogens is 1. The number of hydrogen-bond acceptors (Lipinski definition) is 5. The van der Waals surface area contributed by atoms with Gasteiger partial charge in [0.05, 0.1) is 29.5 Å². The molecule has 0 saturated carbocycles. The molecule has 2 aromatic carbocycles. The molecule has 0 radical (unpaired) electrons. The maximum atomic E-state index is 12.6. The molecule has 0 unspecified atom stereocenters. The molecule has 0 spiro atoms. The molecule has 1 heterocycles. The molecule has 1 aromatic heterocycles. The van der Waals surface area contributed by atoms with E-state index in [1.165, 1.54) is 18.4 Å². The number of ether oxygens (including phenoxy) is 2. The van der Waals surface area contributed by atoms with Crippen LogP contribution in [0.3, 0.4) is 0 Å². The van der Waals surface area contributed by atoms with Gasteiger partial charge in [0.15, 0.2) is 4.80 Å². The zero-order chi connectivity index (χ0) is 19.6. The van der Waals surface area contributed by atoms with Crippen molar-refractivity contribution in [2.24, 2.45) is 4.99 Å². The van der Waals surface area contributed by atoms with Crippen molar-refractivity contribution in [1.29, 1.82) is 0 Å². The van der Waals surface area contributed by atoms with E-state index in [-0.39, 0.29) is 6.54 Å². The first kappa shape index (κ1) is 19.4. The molecule has 9 heteroatoms. The number of fused-ring (bicyclic) bond motifs is 1. The number of methoxy groups -OCH3 is 2. The Bertz CT molecular complexity index is 1090. The Hall–Kier alpha value is -2.35. The summed E-state index contributed by atoms with van der Waals surface area (Å²) in [6.45, 7) is -0.132. The zero-order valence-corrected chi connectivity index (χ0v) is 16.7. The highest BCUT2D eigenvalue weighted by Crippen LogP contribution is 2.29. The van der Waals surface area contributed by atoms with Gasteiger partial charge in [0.25, 0.3) is 5.91 Å². The van der Waals surface area contributed by atoms with E-state index in [1.807, 2.05) is 0 Å². The molecule has 0 atom stereocenters. The Morgan fingerprint density at radius 2 is 1.85 bits per heavy atom. The predicted octanol–water partition coefficient (Wildman–Crippen LogP) is 3.93. The lowest BCUT2D eigenvalue weighted by atomic mass is 10.2. The summed E-state index contributed by atoms with van der Waals surface area (Å²) in [6, 6.07) is 9.86. The normalized spacial score (nSPS) is 11.6. The number of benzene rings is 2. The fourth-order valence-corrected chi connectivity index (χ4v) is 4.25. The Morgan fingerprint density at radius 3 is 2.48 bits per heavy atom. The molecule has 0 aliphatic rings. The van der Waals surface area contributed by atoms with Crippen LogP contribution < -0.4 is 9.54 Å². The van der Waals surface area contributed by atoms with E-state index in [2.05, 4.69) is 4.99 Å². The van der Waals surface area contributed by atoms with Crippen LogP contribution in [0.2, 0.25) is 10.0 Å². The molecular weight excluding hydrogens is 411 g/mol. The van der Waals surface area contributed by atoms with E-state index in [9.17, 15) is 9.59 Å². The van der Waals surface area contributed by atoms with Crippen LogP contribution in [0.15, 0.2) is 41.4 Å². The topological polar surface area (TPSA) is 69.9 Å². The third-order valence-corrected chi connectivity index (χ3v) is 5.28. The minimum atomic E-state index is -0.487. The Morgan fingerprint density at radius 1 is 1.15 bits per heavy atom. The van der Waals surface area contributed by atoms with Gasteiger partial charge in [0.1, 0.15) is 12.3 Å². The monoisotopic (exact) mass is 424 g/mol. The molecule has 0 aliphatic heterocycles. The van der Waals surface area contributed by atoms with E-state index in [1.54, 1.807) is 48.1 Å². The van der Waals surface area contributed by atoms with E-state index in [4.69, 9.17) is 32.7 Å². The van der Waals surface area contributed by atoms with Crippen molar-refractivity contribution in [3.63, 3.8) is 0 Å². The van der Waals surface area contributed by atoms with Gasteiger partial charge in [-0.1, -0.05) is 34.5 Å². The van der Waals surface area contributed by atoms with Gasteiger partial charge >= 0.3 is 5.97 Å². The zero-order valence-electron chi connectivity index (χ0n) is 14.4. The SMILES string of the molecule is COC(=O)Cn1c(=NC(=O)c2ccc(OC)cc2)sc2cc(Cl)cc(Cl)c21. The number of amides is 1. The van der Waals surface area contributed by atoms with Crippen molar-refractivity contribution in [2.75, 3.05) is 14.2 Å². The molecule has 0 aliphatic carbocycles. The lowest BCUT2D eigenvalue weighted by molar-refractivity contribution is -0.141. The number of nitrogens with zero attached hydrogens (tertiary/aromatic N) is 2. The lowest BCUT2D eigenvalue weighted by Gasteiger charge is -2.05. The lowest BCUT2D eigenvalue weighted by Crippen LogP contribution is -2.22. The largest absolute Gasteiger partial charge is 0.497 e. The first-order valence-electron chi connectivity index (χ1n) is 7.71. The second-order valence-electron chi connectivity index (χ2n) is 5.43. The van der Waals surface area contributed by atoms with Gasteiger partial charge < -0.3 is 14.0 Å². The highest BCUT2D eigenvalue weighted by atomic mass is 35.5. The van der Waals surface area contributed by atoms with Crippen LogP contribution in [0.1, 0.15) is 10.4 Å².